The fourth-order valence-corrected chi connectivity index (χ4v) is 8.74. The number of fused-ring (bicyclic) bond motifs is 4. The standard InChI is InChI=1S/C35H31Cl2N3O6/c1-16-12-18(13-17(2)30(16)41)29-22-9-10-23-28(32(43)38-31(23)42)24(22)15-25-33(44)40(39-27-11-6-20(36)14-26(27)37)34(45)35(25,29)19-4-7-21(46-3)8-5-19/h4-9,11-14,23-25,28-29,39,41H,10,15H2,1-3H3,(H,38,42,43). The van der Waals surface area contributed by atoms with E-state index in [0.29, 0.717) is 39.6 Å². The number of aromatic hydroxyl groups is 1. The van der Waals surface area contributed by atoms with E-state index in [2.05, 4.69) is 10.7 Å². The van der Waals surface area contributed by atoms with Gasteiger partial charge in [-0.25, -0.2) is 0 Å². The first kappa shape index (κ1) is 30.3. The lowest BCUT2D eigenvalue weighted by Crippen LogP contribution is -2.53. The molecule has 0 spiro atoms. The van der Waals surface area contributed by atoms with Gasteiger partial charge in [0, 0.05) is 10.9 Å². The Morgan fingerprint density at radius 3 is 2.30 bits per heavy atom. The molecule has 2 aliphatic carbocycles. The van der Waals surface area contributed by atoms with Gasteiger partial charge in [-0.2, -0.15) is 5.01 Å². The summed E-state index contributed by atoms with van der Waals surface area (Å²) in [4.78, 5) is 55.9. The minimum Gasteiger partial charge on any atom is -0.507 e. The van der Waals surface area contributed by atoms with Gasteiger partial charge in [-0.3, -0.25) is 29.9 Å². The summed E-state index contributed by atoms with van der Waals surface area (Å²) in [6.07, 6.45) is 2.48. The molecule has 236 valence electrons. The number of anilines is 1. The Labute approximate surface area is 275 Å². The molecule has 3 aromatic rings. The fraction of sp³-hybridized carbons (Fsp3) is 0.314. The number of amides is 4. The second-order valence-electron chi connectivity index (χ2n) is 12.6. The van der Waals surface area contributed by atoms with Crippen LogP contribution in [0.5, 0.6) is 11.5 Å². The Bertz CT molecular complexity index is 1850. The lowest BCUT2D eigenvalue weighted by Gasteiger charge is -2.50. The first-order valence-electron chi connectivity index (χ1n) is 15.1. The van der Waals surface area contributed by atoms with Gasteiger partial charge in [0.15, 0.2) is 0 Å². The van der Waals surface area contributed by atoms with Gasteiger partial charge in [0.1, 0.15) is 11.5 Å². The van der Waals surface area contributed by atoms with Crippen LogP contribution in [0.1, 0.15) is 41.0 Å². The number of phenolic OH excluding ortho intramolecular Hbond substituents is 1. The van der Waals surface area contributed by atoms with Gasteiger partial charge in [0.2, 0.25) is 11.8 Å². The summed E-state index contributed by atoms with van der Waals surface area (Å²) < 4.78 is 5.43. The minimum atomic E-state index is -1.46. The van der Waals surface area contributed by atoms with Crippen LogP contribution >= 0.6 is 23.2 Å². The number of hydrogen-bond donors (Lipinski definition) is 3. The highest BCUT2D eigenvalue weighted by Crippen LogP contribution is 2.64. The average Bonchev–Trinajstić information content (AvgIpc) is 3.44. The number of allylic oxidation sites excluding steroid dienone is 2. The van der Waals surface area contributed by atoms with Crippen LogP contribution in [0.25, 0.3) is 0 Å². The van der Waals surface area contributed by atoms with Crippen LogP contribution in [0.15, 0.2) is 66.2 Å². The Balaban J connectivity index is 1.49. The van der Waals surface area contributed by atoms with Crippen molar-refractivity contribution in [3.8, 4) is 11.5 Å². The van der Waals surface area contributed by atoms with E-state index < -0.39 is 46.8 Å². The molecule has 2 saturated heterocycles. The molecule has 3 aromatic carbocycles. The lowest BCUT2D eigenvalue weighted by atomic mass is 9.49. The van der Waals surface area contributed by atoms with Gasteiger partial charge in [-0.05, 0) is 85.2 Å². The maximum atomic E-state index is 15.2. The molecule has 0 aromatic heterocycles. The maximum absolute atomic E-state index is 15.2. The van der Waals surface area contributed by atoms with Gasteiger partial charge in [-0.1, -0.05) is 59.1 Å². The van der Waals surface area contributed by atoms with Gasteiger partial charge in [0.05, 0.1) is 41.0 Å². The van der Waals surface area contributed by atoms with Crippen LogP contribution in [0.4, 0.5) is 5.69 Å². The number of imide groups is 2. The smallest absolute Gasteiger partial charge is 0.260 e. The molecule has 0 radical (unpaired) electrons. The van der Waals surface area contributed by atoms with Crippen molar-refractivity contribution >= 4 is 52.5 Å². The van der Waals surface area contributed by atoms with Crippen molar-refractivity contribution in [2.24, 2.45) is 23.7 Å². The van der Waals surface area contributed by atoms with Crippen molar-refractivity contribution in [2.75, 3.05) is 12.5 Å². The monoisotopic (exact) mass is 659 g/mol. The third-order valence-electron chi connectivity index (χ3n) is 10.3. The predicted octanol–water partition coefficient (Wildman–Crippen LogP) is 5.60. The largest absolute Gasteiger partial charge is 0.507 e. The lowest BCUT2D eigenvalue weighted by molar-refractivity contribution is -0.138. The highest BCUT2D eigenvalue weighted by Gasteiger charge is 2.70. The van der Waals surface area contributed by atoms with Crippen LogP contribution in [0, 0.1) is 37.5 Å². The van der Waals surface area contributed by atoms with Gasteiger partial charge < -0.3 is 9.84 Å². The zero-order valence-electron chi connectivity index (χ0n) is 25.3. The quantitative estimate of drug-likeness (QED) is 0.241. The molecule has 4 aliphatic rings. The number of carbonyl (C=O) groups excluding carboxylic acids is 4. The summed E-state index contributed by atoms with van der Waals surface area (Å²) in [7, 11) is 1.55. The van der Waals surface area contributed by atoms with Gasteiger partial charge in [-0.15, -0.1) is 0 Å². The Kier molecular flexibility index (Phi) is 7.17. The molecule has 6 unspecified atom stereocenters. The van der Waals surface area contributed by atoms with Crippen molar-refractivity contribution in [1.29, 1.82) is 0 Å². The molecule has 46 heavy (non-hydrogen) atoms. The highest BCUT2D eigenvalue weighted by atomic mass is 35.5. The van der Waals surface area contributed by atoms with E-state index in [1.54, 1.807) is 57.4 Å². The number of nitrogens with zero attached hydrogens (tertiary/aromatic N) is 1. The van der Waals surface area contributed by atoms with Crippen molar-refractivity contribution in [1.82, 2.24) is 10.3 Å². The predicted molar refractivity (Wildman–Crippen MR) is 171 cm³/mol. The third kappa shape index (κ3) is 4.28. The van der Waals surface area contributed by atoms with Gasteiger partial charge >= 0.3 is 0 Å². The van der Waals surface area contributed by atoms with Crippen LogP contribution in [-0.2, 0) is 24.6 Å². The molecule has 7 rings (SSSR count). The molecule has 3 fully saturated rings. The minimum absolute atomic E-state index is 0.138. The second-order valence-corrected chi connectivity index (χ2v) is 13.4. The molecule has 11 heteroatoms. The SMILES string of the molecule is COc1ccc(C23C(=O)N(Nc4ccc(Cl)cc4Cl)C(=O)C2CC2C(=CCC4C(=O)NC(=O)C42)C3c2cc(C)c(O)c(C)c2)cc1. The number of hydrogen-bond acceptors (Lipinski definition) is 7. The number of ether oxygens (including phenoxy) is 1. The number of hydrazine groups is 1. The Morgan fingerprint density at radius 2 is 1.65 bits per heavy atom. The van der Waals surface area contributed by atoms with Crippen molar-refractivity contribution < 1.29 is 29.0 Å². The number of methoxy groups -OCH3 is 1. The van der Waals surface area contributed by atoms with E-state index in [4.69, 9.17) is 27.9 Å². The number of halogens is 2. The van der Waals surface area contributed by atoms with E-state index in [1.807, 2.05) is 18.2 Å². The maximum Gasteiger partial charge on any atom is 0.260 e. The van der Waals surface area contributed by atoms with Crippen LogP contribution < -0.4 is 15.5 Å². The number of benzene rings is 3. The Morgan fingerprint density at radius 1 is 0.957 bits per heavy atom. The fourth-order valence-electron chi connectivity index (χ4n) is 8.29. The van der Waals surface area contributed by atoms with E-state index in [0.717, 1.165) is 16.1 Å². The van der Waals surface area contributed by atoms with Crippen LogP contribution in [0.3, 0.4) is 0 Å². The van der Waals surface area contributed by atoms with Crippen LogP contribution in [0.2, 0.25) is 10.0 Å². The summed E-state index contributed by atoms with van der Waals surface area (Å²) in [5.74, 6) is -4.25. The molecular formula is C35H31Cl2N3O6. The molecule has 4 amide bonds. The van der Waals surface area contributed by atoms with Crippen LogP contribution in [-0.4, -0.2) is 40.9 Å². The molecule has 2 heterocycles. The first-order chi connectivity index (χ1) is 22.0. The third-order valence-corrected chi connectivity index (χ3v) is 10.8. The topological polar surface area (TPSA) is 125 Å². The summed E-state index contributed by atoms with van der Waals surface area (Å²) in [5, 5.41) is 14.9. The van der Waals surface area contributed by atoms with E-state index in [1.165, 1.54) is 6.07 Å². The number of nitrogens with one attached hydrogen (secondary N) is 2. The van der Waals surface area contributed by atoms with Crippen molar-refractivity contribution in [3.05, 3.63) is 98.5 Å². The molecule has 6 atom stereocenters. The summed E-state index contributed by atoms with van der Waals surface area (Å²) in [6.45, 7) is 3.58. The zero-order valence-corrected chi connectivity index (χ0v) is 26.8. The summed E-state index contributed by atoms with van der Waals surface area (Å²) in [6, 6.07) is 15.5. The molecule has 9 nitrogen and oxygen atoms in total. The average molecular weight is 661 g/mol. The summed E-state index contributed by atoms with van der Waals surface area (Å²) in [5.41, 5.74) is 5.22. The first-order valence-corrected chi connectivity index (χ1v) is 15.8. The zero-order chi connectivity index (χ0) is 32.7. The van der Waals surface area contributed by atoms with E-state index >= 15 is 4.79 Å². The number of rotatable bonds is 5. The Hall–Kier alpha value is -4.34. The van der Waals surface area contributed by atoms with E-state index in [9.17, 15) is 19.5 Å². The molecule has 0 bridgehead atoms. The van der Waals surface area contributed by atoms with E-state index in [-0.39, 0.29) is 29.0 Å². The van der Waals surface area contributed by atoms with Crippen molar-refractivity contribution in [2.45, 2.75) is 38.0 Å². The van der Waals surface area contributed by atoms with Gasteiger partial charge in [0.25, 0.3) is 11.8 Å². The molecule has 3 N–H and O–H groups in total. The molecular weight excluding hydrogens is 629 g/mol. The molecule has 1 saturated carbocycles. The summed E-state index contributed by atoms with van der Waals surface area (Å²) >= 11 is 12.6. The number of phenols is 1. The number of aryl methyl sites for hydroxylation is 2. The molecule has 2 aliphatic heterocycles. The van der Waals surface area contributed by atoms with Crippen molar-refractivity contribution in [3.63, 3.8) is 0 Å². The second kappa shape index (κ2) is 10.9. The highest BCUT2D eigenvalue weighted by molar-refractivity contribution is 6.36. The number of carbonyl (C=O) groups is 4. The normalized spacial score (nSPS) is 28.3.